The van der Waals surface area contributed by atoms with E-state index in [9.17, 15) is 9.59 Å². The molecule has 0 aliphatic heterocycles. The fourth-order valence-electron chi connectivity index (χ4n) is 3.19. The van der Waals surface area contributed by atoms with Gasteiger partial charge in [0.1, 0.15) is 10.6 Å². The number of ether oxygens (including phenoxy) is 2. The van der Waals surface area contributed by atoms with Crippen LogP contribution in [0.15, 0.2) is 24.3 Å². The second-order valence-electron chi connectivity index (χ2n) is 6.86. The predicted octanol–water partition coefficient (Wildman–Crippen LogP) is 4.52. The highest BCUT2D eigenvalue weighted by atomic mass is 32.1. The molecule has 6 heteroatoms. The highest BCUT2D eigenvalue weighted by molar-refractivity contribution is 7.14. The number of carbonyl (C=O) groups is 2. The van der Waals surface area contributed by atoms with Gasteiger partial charge in [0.2, 0.25) is 0 Å². The zero-order valence-corrected chi connectivity index (χ0v) is 16.8. The Morgan fingerprint density at radius 3 is 2.70 bits per heavy atom. The number of fused-ring (bicyclic) bond motifs is 1. The van der Waals surface area contributed by atoms with Gasteiger partial charge < -0.3 is 14.8 Å². The van der Waals surface area contributed by atoms with Gasteiger partial charge in [-0.05, 0) is 68.9 Å². The number of hydrogen-bond donors (Lipinski definition) is 1. The lowest BCUT2D eigenvalue weighted by Crippen LogP contribution is -2.30. The summed E-state index contributed by atoms with van der Waals surface area (Å²) in [5.41, 5.74) is 2.81. The number of nitrogens with one attached hydrogen (secondary N) is 1. The fraction of sp³-hybridized carbons (Fsp3) is 0.429. The van der Waals surface area contributed by atoms with Crippen molar-refractivity contribution in [1.29, 1.82) is 0 Å². The van der Waals surface area contributed by atoms with Crippen LogP contribution in [0.25, 0.3) is 0 Å². The minimum atomic E-state index is -0.898. The summed E-state index contributed by atoms with van der Waals surface area (Å²) < 4.78 is 10.7. The summed E-state index contributed by atoms with van der Waals surface area (Å²) in [4.78, 5) is 26.8. The number of aryl methyl sites for hydroxylation is 3. The van der Waals surface area contributed by atoms with Crippen LogP contribution in [0, 0.1) is 6.92 Å². The molecule has 2 aromatic rings. The lowest BCUT2D eigenvalue weighted by atomic mass is 10.1. The van der Waals surface area contributed by atoms with E-state index < -0.39 is 12.1 Å². The average Bonchev–Trinajstić information content (AvgIpc) is 2.92. The summed E-state index contributed by atoms with van der Waals surface area (Å²) in [7, 11) is 1.55. The molecule has 1 N–H and O–H groups in total. The quantitative estimate of drug-likeness (QED) is 0.605. The zero-order chi connectivity index (χ0) is 19.4. The second-order valence-corrected chi connectivity index (χ2v) is 8.00. The van der Waals surface area contributed by atoms with Crippen molar-refractivity contribution < 1.29 is 19.1 Å². The van der Waals surface area contributed by atoms with E-state index in [4.69, 9.17) is 9.47 Å². The summed E-state index contributed by atoms with van der Waals surface area (Å²) in [6.07, 6.45) is 4.71. The molecule has 0 radical (unpaired) electrons. The zero-order valence-electron chi connectivity index (χ0n) is 16.0. The van der Waals surface area contributed by atoms with Gasteiger partial charge in [0.15, 0.2) is 6.10 Å². The summed E-state index contributed by atoms with van der Waals surface area (Å²) in [6, 6.07) is 7.45. The number of rotatable bonds is 5. The SMILES string of the molecule is COc1ccc(C)cc1NC(=O)[C@@H](C)OC(=O)c1cc2c(s1)CCCCC2. The van der Waals surface area contributed by atoms with Gasteiger partial charge in [-0.15, -0.1) is 11.3 Å². The lowest BCUT2D eigenvalue weighted by Gasteiger charge is -2.15. The molecule has 1 aromatic carbocycles. The first kappa shape index (κ1) is 19.4. The van der Waals surface area contributed by atoms with Crippen LogP contribution in [0.2, 0.25) is 0 Å². The van der Waals surface area contributed by atoms with Gasteiger partial charge in [0.05, 0.1) is 12.8 Å². The molecule has 1 heterocycles. The van der Waals surface area contributed by atoms with Crippen LogP contribution in [0.1, 0.15) is 51.9 Å². The maximum Gasteiger partial charge on any atom is 0.349 e. The molecule has 0 fully saturated rings. The van der Waals surface area contributed by atoms with E-state index in [0.717, 1.165) is 24.8 Å². The molecule has 0 unspecified atom stereocenters. The minimum absolute atomic E-state index is 0.384. The van der Waals surface area contributed by atoms with Crippen molar-refractivity contribution in [2.75, 3.05) is 12.4 Å². The Balaban J connectivity index is 1.64. The van der Waals surface area contributed by atoms with E-state index in [2.05, 4.69) is 5.32 Å². The van der Waals surface area contributed by atoms with E-state index in [1.54, 1.807) is 20.1 Å². The largest absolute Gasteiger partial charge is 0.495 e. The Morgan fingerprint density at radius 1 is 1.15 bits per heavy atom. The van der Waals surface area contributed by atoms with Crippen molar-refractivity contribution >= 4 is 28.9 Å². The van der Waals surface area contributed by atoms with E-state index in [-0.39, 0.29) is 5.91 Å². The first-order valence-corrected chi connectivity index (χ1v) is 10.1. The molecule has 0 bridgehead atoms. The summed E-state index contributed by atoms with van der Waals surface area (Å²) in [6.45, 7) is 3.51. The molecule has 1 aliphatic rings. The van der Waals surface area contributed by atoms with Crippen molar-refractivity contribution in [2.24, 2.45) is 0 Å². The lowest BCUT2D eigenvalue weighted by molar-refractivity contribution is -0.123. The number of carbonyl (C=O) groups excluding carboxylic acids is 2. The number of thiophene rings is 1. The molecule has 0 saturated carbocycles. The third-order valence-electron chi connectivity index (χ3n) is 4.71. The molecular weight excluding hydrogens is 362 g/mol. The topological polar surface area (TPSA) is 64.6 Å². The van der Waals surface area contributed by atoms with Crippen LogP contribution in [0.3, 0.4) is 0 Å². The second kappa shape index (κ2) is 8.57. The maximum atomic E-state index is 12.5. The van der Waals surface area contributed by atoms with Gasteiger partial charge in [-0.2, -0.15) is 0 Å². The van der Waals surface area contributed by atoms with E-state index in [1.807, 2.05) is 25.1 Å². The molecule has 1 amide bonds. The van der Waals surface area contributed by atoms with Gasteiger partial charge in [-0.25, -0.2) is 4.79 Å². The third kappa shape index (κ3) is 4.69. The molecule has 1 atom stereocenters. The highest BCUT2D eigenvalue weighted by Crippen LogP contribution is 2.30. The summed E-state index contributed by atoms with van der Waals surface area (Å²) in [5.74, 6) is -0.258. The van der Waals surface area contributed by atoms with E-state index in [0.29, 0.717) is 16.3 Å². The van der Waals surface area contributed by atoms with Crippen LogP contribution in [-0.4, -0.2) is 25.1 Å². The smallest absolute Gasteiger partial charge is 0.349 e. The Bertz CT molecular complexity index is 819. The van der Waals surface area contributed by atoms with Crippen molar-refractivity contribution in [3.8, 4) is 5.75 Å². The molecular formula is C21H25NO4S. The molecule has 27 heavy (non-hydrogen) atoms. The molecule has 0 saturated heterocycles. The van der Waals surface area contributed by atoms with Gasteiger partial charge in [0.25, 0.3) is 5.91 Å². The Morgan fingerprint density at radius 2 is 1.93 bits per heavy atom. The Labute approximate surface area is 163 Å². The first-order valence-electron chi connectivity index (χ1n) is 9.26. The fourth-order valence-corrected chi connectivity index (χ4v) is 4.33. The van der Waals surface area contributed by atoms with Gasteiger partial charge in [-0.3, -0.25) is 4.79 Å². The maximum absolute atomic E-state index is 12.5. The molecule has 1 aromatic heterocycles. The summed E-state index contributed by atoms with van der Waals surface area (Å²) in [5, 5.41) is 2.78. The monoisotopic (exact) mass is 387 g/mol. The van der Waals surface area contributed by atoms with Crippen LogP contribution >= 0.6 is 11.3 Å². The van der Waals surface area contributed by atoms with Crippen molar-refractivity contribution in [3.63, 3.8) is 0 Å². The summed E-state index contributed by atoms with van der Waals surface area (Å²) >= 11 is 1.50. The van der Waals surface area contributed by atoms with E-state index in [1.165, 1.54) is 34.6 Å². The standard InChI is InChI=1S/C21H25NO4S/c1-13-9-10-17(25-3)16(11-13)22-20(23)14(2)26-21(24)19-12-15-7-5-4-6-8-18(15)27-19/h9-12,14H,4-8H2,1-3H3,(H,22,23)/t14-/m1/s1. The number of hydrogen-bond acceptors (Lipinski definition) is 5. The van der Waals surface area contributed by atoms with Crippen molar-refractivity contribution in [3.05, 3.63) is 45.1 Å². The third-order valence-corrected chi connectivity index (χ3v) is 5.93. The van der Waals surface area contributed by atoms with Crippen molar-refractivity contribution in [1.82, 2.24) is 0 Å². The number of methoxy groups -OCH3 is 1. The Kier molecular flexibility index (Phi) is 6.16. The molecule has 144 valence electrons. The minimum Gasteiger partial charge on any atom is -0.495 e. The van der Waals surface area contributed by atoms with Crippen molar-refractivity contribution in [2.45, 2.75) is 52.1 Å². The molecule has 1 aliphatic carbocycles. The first-order chi connectivity index (χ1) is 13.0. The number of amides is 1. The van der Waals surface area contributed by atoms with E-state index >= 15 is 0 Å². The molecule has 3 rings (SSSR count). The van der Waals surface area contributed by atoms with Crippen LogP contribution < -0.4 is 10.1 Å². The number of anilines is 1. The van der Waals surface area contributed by atoms with Crippen LogP contribution in [0.4, 0.5) is 5.69 Å². The Hall–Kier alpha value is -2.34. The predicted molar refractivity (Wildman–Crippen MR) is 107 cm³/mol. The average molecular weight is 388 g/mol. The highest BCUT2D eigenvalue weighted by Gasteiger charge is 2.23. The van der Waals surface area contributed by atoms with Gasteiger partial charge in [0, 0.05) is 4.88 Å². The van der Waals surface area contributed by atoms with Gasteiger partial charge in [-0.1, -0.05) is 12.5 Å². The van der Waals surface area contributed by atoms with Gasteiger partial charge >= 0.3 is 5.97 Å². The number of benzene rings is 1. The normalized spacial score (nSPS) is 14.6. The van der Waals surface area contributed by atoms with Crippen LogP contribution in [0.5, 0.6) is 5.75 Å². The molecule has 0 spiro atoms. The molecule has 5 nitrogen and oxygen atoms in total. The number of esters is 1. The van der Waals surface area contributed by atoms with Crippen LogP contribution in [-0.2, 0) is 22.4 Å².